The van der Waals surface area contributed by atoms with Gasteiger partial charge in [0.2, 0.25) is 5.91 Å². The minimum atomic E-state index is -0.393. The van der Waals surface area contributed by atoms with Crippen molar-refractivity contribution in [3.8, 4) is 0 Å². The molecule has 0 spiro atoms. The molecule has 0 bridgehead atoms. The van der Waals surface area contributed by atoms with E-state index in [9.17, 15) is 9.59 Å². The second-order valence-electron chi connectivity index (χ2n) is 6.17. The van der Waals surface area contributed by atoms with E-state index in [-0.39, 0.29) is 12.3 Å². The number of carbonyl (C=O) groups excluding carboxylic acids is 1. The fourth-order valence-corrected chi connectivity index (χ4v) is 3.55. The van der Waals surface area contributed by atoms with Crippen LogP contribution >= 0.6 is 27.5 Å². The monoisotopic (exact) mass is 433 g/mol. The number of nitrogens with one attached hydrogen (secondary N) is 1. The van der Waals surface area contributed by atoms with Gasteiger partial charge in [0.15, 0.2) is 0 Å². The van der Waals surface area contributed by atoms with E-state index in [0.29, 0.717) is 28.3 Å². The first-order valence-electron chi connectivity index (χ1n) is 8.13. The number of amides is 1. The van der Waals surface area contributed by atoms with Crippen molar-refractivity contribution in [2.45, 2.75) is 26.7 Å². The molecule has 0 unspecified atom stereocenters. The van der Waals surface area contributed by atoms with Gasteiger partial charge in [0.1, 0.15) is 5.58 Å². The highest BCUT2D eigenvalue weighted by atomic mass is 79.9. The van der Waals surface area contributed by atoms with Crippen molar-refractivity contribution in [3.63, 3.8) is 0 Å². The van der Waals surface area contributed by atoms with Gasteiger partial charge in [-0.25, -0.2) is 4.79 Å². The van der Waals surface area contributed by atoms with Crippen molar-refractivity contribution < 1.29 is 9.21 Å². The number of rotatable bonds is 4. The van der Waals surface area contributed by atoms with Crippen molar-refractivity contribution in [3.05, 3.63) is 73.0 Å². The topological polar surface area (TPSA) is 59.3 Å². The number of hydrogen-bond donors (Lipinski definition) is 1. The lowest BCUT2D eigenvalue weighted by Gasteiger charge is -2.10. The molecule has 0 saturated carbocycles. The van der Waals surface area contributed by atoms with Crippen LogP contribution in [0.1, 0.15) is 23.1 Å². The Morgan fingerprint density at radius 2 is 1.96 bits per heavy atom. The Hall–Kier alpha value is -2.11. The van der Waals surface area contributed by atoms with Crippen molar-refractivity contribution in [2.24, 2.45) is 0 Å². The first-order valence-corrected chi connectivity index (χ1v) is 9.30. The van der Waals surface area contributed by atoms with Gasteiger partial charge < -0.3 is 9.73 Å². The third-order valence-electron chi connectivity index (χ3n) is 4.25. The van der Waals surface area contributed by atoms with Gasteiger partial charge in [0, 0.05) is 21.8 Å². The predicted octanol–water partition coefficient (Wildman–Crippen LogP) is 5.40. The van der Waals surface area contributed by atoms with Crippen LogP contribution in [0.25, 0.3) is 11.0 Å². The van der Waals surface area contributed by atoms with Crippen molar-refractivity contribution in [2.75, 3.05) is 5.32 Å². The summed E-state index contributed by atoms with van der Waals surface area (Å²) in [6.45, 7) is 3.83. The molecule has 1 aromatic heterocycles. The van der Waals surface area contributed by atoms with E-state index < -0.39 is 5.63 Å². The van der Waals surface area contributed by atoms with Gasteiger partial charge in [-0.05, 0) is 55.7 Å². The summed E-state index contributed by atoms with van der Waals surface area (Å²) in [6.07, 6.45) is 0.466. The second-order valence-corrected chi connectivity index (χ2v) is 7.49. The van der Waals surface area contributed by atoms with Crippen LogP contribution in [-0.4, -0.2) is 5.91 Å². The Morgan fingerprint density at radius 1 is 1.19 bits per heavy atom. The average Bonchev–Trinajstić information content (AvgIpc) is 2.57. The van der Waals surface area contributed by atoms with Crippen molar-refractivity contribution >= 4 is 50.1 Å². The van der Waals surface area contributed by atoms with Gasteiger partial charge >= 0.3 is 5.63 Å². The summed E-state index contributed by atoms with van der Waals surface area (Å²) in [5.74, 6) is -0.211. The lowest BCUT2D eigenvalue weighted by Crippen LogP contribution is -2.16. The zero-order chi connectivity index (χ0) is 18.8. The van der Waals surface area contributed by atoms with E-state index in [0.717, 1.165) is 21.0 Å². The summed E-state index contributed by atoms with van der Waals surface area (Å²) in [6, 6.07) is 11.0. The van der Waals surface area contributed by atoms with E-state index in [1.54, 1.807) is 18.2 Å². The number of anilines is 1. The summed E-state index contributed by atoms with van der Waals surface area (Å²) in [5, 5.41) is 4.11. The summed E-state index contributed by atoms with van der Waals surface area (Å²) >= 11 is 9.43. The van der Waals surface area contributed by atoms with Gasteiger partial charge in [-0.3, -0.25) is 4.79 Å². The van der Waals surface area contributed by atoms with E-state index in [2.05, 4.69) is 21.2 Å². The van der Waals surface area contributed by atoms with Gasteiger partial charge in [0.25, 0.3) is 0 Å². The Morgan fingerprint density at radius 3 is 2.69 bits per heavy atom. The molecule has 3 aromatic rings. The van der Waals surface area contributed by atoms with Gasteiger partial charge in [-0.1, -0.05) is 39.7 Å². The fraction of sp³-hybridized carbons (Fsp3) is 0.200. The van der Waals surface area contributed by atoms with Crippen molar-refractivity contribution in [1.29, 1.82) is 0 Å². The van der Waals surface area contributed by atoms with E-state index in [1.165, 1.54) is 0 Å². The third-order valence-corrected chi connectivity index (χ3v) is 5.06. The third kappa shape index (κ3) is 4.00. The van der Waals surface area contributed by atoms with Crippen LogP contribution in [-0.2, 0) is 11.2 Å². The molecule has 0 fully saturated rings. The molecule has 0 atom stereocenters. The molecule has 26 heavy (non-hydrogen) atoms. The minimum Gasteiger partial charge on any atom is -0.423 e. The number of aryl methyl sites for hydroxylation is 2. The normalized spacial score (nSPS) is 10.9. The Bertz CT molecular complexity index is 1060. The SMILES string of the molecule is Cc1ccc2c(C)c(CCC(=O)Nc3ccc(Br)cc3Cl)c(=O)oc2c1. The average molecular weight is 435 g/mol. The second kappa shape index (κ2) is 7.64. The standard InChI is InChI=1S/C20H17BrClNO3/c1-11-3-5-14-12(2)15(20(25)26-18(14)9-11)6-8-19(24)23-17-7-4-13(21)10-16(17)22/h3-5,7,9-10H,6,8H2,1-2H3,(H,23,24). The van der Waals surface area contributed by atoms with E-state index in [4.69, 9.17) is 16.0 Å². The molecule has 1 N–H and O–H groups in total. The molecule has 0 saturated heterocycles. The van der Waals surface area contributed by atoms with E-state index >= 15 is 0 Å². The molecular weight excluding hydrogens is 418 g/mol. The molecule has 0 aliphatic carbocycles. The largest absolute Gasteiger partial charge is 0.423 e. The molecule has 4 nitrogen and oxygen atoms in total. The lowest BCUT2D eigenvalue weighted by atomic mass is 10.0. The van der Waals surface area contributed by atoms with Crippen LogP contribution in [0.4, 0.5) is 5.69 Å². The smallest absolute Gasteiger partial charge is 0.339 e. The zero-order valence-corrected chi connectivity index (χ0v) is 16.7. The zero-order valence-electron chi connectivity index (χ0n) is 14.4. The highest BCUT2D eigenvalue weighted by Gasteiger charge is 2.14. The maximum absolute atomic E-state index is 12.3. The van der Waals surface area contributed by atoms with Crippen LogP contribution < -0.4 is 10.9 Å². The van der Waals surface area contributed by atoms with E-state index in [1.807, 2.05) is 32.0 Å². The molecular formula is C20H17BrClNO3. The molecule has 3 rings (SSSR count). The highest BCUT2D eigenvalue weighted by molar-refractivity contribution is 9.10. The summed E-state index contributed by atoms with van der Waals surface area (Å²) in [5.41, 5.74) is 3.12. The first kappa shape index (κ1) is 18.7. The Labute approximate surface area is 164 Å². The molecule has 1 heterocycles. The maximum atomic E-state index is 12.3. The predicted molar refractivity (Wildman–Crippen MR) is 108 cm³/mol. The number of benzene rings is 2. The van der Waals surface area contributed by atoms with Crippen LogP contribution in [0, 0.1) is 13.8 Å². The van der Waals surface area contributed by atoms with Gasteiger partial charge in [0.05, 0.1) is 10.7 Å². The summed E-state index contributed by atoms with van der Waals surface area (Å²) < 4.78 is 6.26. The number of fused-ring (bicyclic) bond motifs is 1. The number of carbonyl (C=O) groups is 1. The van der Waals surface area contributed by atoms with Crippen LogP contribution in [0.3, 0.4) is 0 Å². The van der Waals surface area contributed by atoms with Crippen molar-refractivity contribution in [1.82, 2.24) is 0 Å². The molecule has 0 aliphatic heterocycles. The molecule has 6 heteroatoms. The highest BCUT2D eigenvalue weighted by Crippen LogP contribution is 2.26. The number of hydrogen-bond acceptors (Lipinski definition) is 3. The minimum absolute atomic E-state index is 0.162. The van der Waals surface area contributed by atoms with Crippen LogP contribution in [0.2, 0.25) is 5.02 Å². The fourth-order valence-electron chi connectivity index (χ4n) is 2.83. The molecule has 2 aromatic carbocycles. The van der Waals surface area contributed by atoms with Gasteiger partial charge in [-0.2, -0.15) is 0 Å². The van der Waals surface area contributed by atoms with Crippen LogP contribution in [0.15, 0.2) is 50.1 Å². The molecule has 0 radical (unpaired) electrons. The summed E-state index contributed by atoms with van der Waals surface area (Å²) in [7, 11) is 0. The van der Waals surface area contributed by atoms with Crippen LogP contribution in [0.5, 0.6) is 0 Å². The number of halogens is 2. The quantitative estimate of drug-likeness (QED) is 0.560. The molecule has 0 aliphatic rings. The Balaban J connectivity index is 1.78. The first-order chi connectivity index (χ1) is 12.3. The molecule has 1 amide bonds. The maximum Gasteiger partial charge on any atom is 0.339 e. The van der Waals surface area contributed by atoms with Gasteiger partial charge in [-0.15, -0.1) is 0 Å². The summed E-state index contributed by atoms with van der Waals surface area (Å²) in [4.78, 5) is 24.5. The Kier molecular flexibility index (Phi) is 5.49. The molecule has 134 valence electrons. The lowest BCUT2D eigenvalue weighted by molar-refractivity contribution is -0.116.